The van der Waals surface area contributed by atoms with Crippen molar-refractivity contribution in [2.45, 2.75) is 33.3 Å². The van der Waals surface area contributed by atoms with Crippen LogP contribution in [0.2, 0.25) is 0 Å². The molecule has 0 aromatic heterocycles. The molecule has 1 aliphatic heterocycles. The molecular weight excluding hydrogens is 304 g/mol. The topological polar surface area (TPSA) is 49.9 Å². The molecule has 24 heavy (non-hydrogen) atoms. The number of amides is 2. The highest BCUT2D eigenvalue weighted by molar-refractivity contribution is 5.94. The molecule has 0 bridgehead atoms. The van der Waals surface area contributed by atoms with E-state index < -0.39 is 0 Å². The Hall–Kier alpha value is -1.88. The van der Waals surface area contributed by atoms with Gasteiger partial charge in [-0.3, -0.25) is 9.59 Å². The molecule has 1 aliphatic rings. The average Bonchev–Trinajstić information content (AvgIpc) is 2.63. The summed E-state index contributed by atoms with van der Waals surface area (Å²) in [6.45, 7) is 7.37. The summed E-state index contributed by atoms with van der Waals surface area (Å²) >= 11 is 0. The number of carbonyl (C=O) groups is 2. The van der Waals surface area contributed by atoms with E-state index in [9.17, 15) is 9.59 Å². The number of methoxy groups -OCH3 is 1. The van der Waals surface area contributed by atoms with Gasteiger partial charge < -0.3 is 14.5 Å². The summed E-state index contributed by atoms with van der Waals surface area (Å²) in [5, 5.41) is 0. The van der Waals surface area contributed by atoms with Gasteiger partial charge in [0, 0.05) is 44.8 Å². The van der Waals surface area contributed by atoms with Gasteiger partial charge in [-0.05, 0) is 44.4 Å². The summed E-state index contributed by atoms with van der Waals surface area (Å²) in [5.74, 6) is 0.335. The minimum atomic E-state index is 0.0488. The molecule has 0 N–H and O–H groups in total. The maximum atomic E-state index is 12.6. The smallest absolute Gasteiger partial charge is 0.253 e. The lowest BCUT2D eigenvalue weighted by atomic mass is 9.94. The molecule has 1 aromatic carbocycles. The number of piperidine rings is 1. The largest absolute Gasteiger partial charge is 0.380 e. The first-order valence-electron chi connectivity index (χ1n) is 8.76. The van der Waals surface area contributed by atoms with Crippen LogP contribution in [0.15, 0.2) is 24.3 Å². The van der Waals surface area contributed by atoms with Crippen LogP contribution in [0.25, 0.3) is 0 Å². The highest BCUT2D eigenvalue weighted by Crippen LogP contribution is 2.21. The molecule has 0 saturated carbocycles. The lowest BCUT2D eigenvalue weighted by Gasteiger charge is -2.33. The minimum Gasteiger partial charge on any atom is -0.380 e. The van der Waals surface area contributed by atoms with Crippen molar-refractivity contribution in [3.05, 3.63) is 35.4 Å². The normalized spacial score (nSPS) is 15.4. The zero-order valence-corrected chi connectivity index (χ0v) is 15.0. The number of rotatable bonds is 6. The molecule has 0 aliphatic carbocycles. The fraction of sp³-hybridized carbons (Fsp3) is 0.579. The van der Waals surface area contributed by atoms with E-state index in [2.05, 4.69) is 0 Å². The van der Waals surface area contributed by atoms with E-state index in [1.165, 1.54) is 0 Å². The Kier molecular flexibility index (Phi) is 6.79. The van der Waals surface area contributed by atoms with Gasteiger partial charge in [0.05, 0.1) is 6.61 Å². The van der Waals surface area contributed by atoms with Gasteiger partial charge in [-0.2, -0.15) is 0 Å². The van der Waals surface area contributed by atoms with Crippen molar-refractivity contribution in [3.63, 3.8) is 0 Å². The lowest BCUT2D eigenvalue weighted by Crippen LogP contribution is -2.44. The second-order valence-corrected chi connectivity index (χ2v) is 6.21. The van der Waals surface area contributed by atoms with Crippen LogP contribution < -0.4 is 0 Å². The first-order chi connectivity index (χ1) is 11.6. The average molecular weight is 332 g/mol. The fourth-order valence-electron chi connectivity index (χ4n) is 3.22. The second-order valence-electron chi connectivity index (χ2n) is 6.21. The van der Waals surface area contributed by atoms with Gasteiger partial charge in [0.15, 0.2) is 0 Å². The van der Waals surface area contributed by atoms with Crippen molar-refractivity contribution in [1.82, 2.24) is 9.80 Å². The molecule has 132 valence electrons. The molecule has 1 heterocycles. The molecule has 1 fully saturated rings. The highest BCUT2D eigenvalue weighted by atomic mass is 16.5. The summed E-state index contributed by atoms with van der Waals surface area (Å²) in [6.07, 6.45) is 1.51. The Morgan fingerprint density at radius 1 is 1.12 bits per heavy atom. The summed E-state index contributed by atoms with van der Waals surface area (Å²) in [5.41, 5.74) is 1.75. The quantitative estimate of drug-likeness (QED) is 0.804. The maximum absolute atomic E-state index is 12.6. The molecular formula is C19H28N2O3. The maximum Gasteiger partial charge on any atom is 0.253 e. The third-order valence-corrected chi connectivity index (χ3v) is 4.72. The van der Waals surface area contributed by atoms with Crippen LogP contribution in [0.3, 0.4) is 0 Å². The standard InChI is InChI=1S/C19H28N2O3/c1-4-20(5-2)18(22)17-10-12-21(13-11-17)19(23)16-8-6-15(7-9-16)14-24-3/h6-9,17H,4-5,10-14H2,1-3H3. The number of ether oxygens (including phenoxy) is 1. The number of hydrogen-bond acceptors (Lipinski definition) is 3. The van der Waals surface area contributed by atoms with E-state index in [0.717, 1.165) is 31.5 Å². The van der Waals surface area contributed by atoms with Gasteiger partial charge in [0.25, 0.3) is 5.91 Å². The molecule has 2 rings (SSSR count). The first kappa shape index (κ1) is 18.5. The molecule has 2 amide bonds. The van der Waals surface area contributed by atoms with E-state index >= 15 is 0 Å². The van der Waals surface area contributed by atoms with Crippen molar-refractivity contribution in [1.29, 1.82) is 0 Å². The molecule has 0 spiro atoms. The van der Waals surface area contributed by atoms with Gasteiger partial charge in [-0.1, -0.05) is 12.1 Å². The molecule has 5 heteroatoms. The molecule has 1 aromatic rings. The lowest BCUT2D eigenvalue weighted by molar-refractivity contribution is -0.136. The number of benzene rings is 1. The predicted molar refractivity (Wildman–Crippen MR) is 93.7 cm³/mol. The van der Waals surface area contributed by atoms with Crippen LogP contribution in [0.1, 0.15) is 42.6 Å². The number of hydrogen-bond donors (Lipinski definition) is 0. The monoisotopic (exact) mass is 332 g/mol. The van der Waals surface area contributed by atoms with Gasteiger partial charge in [0.1, 0.15) is 0 Å². The van der Waals surface area contributed by atoms with E-state index in [1.54, 1.807) is 7.11 Å². The Morgan fingerprint density at radius 2 is 1.71 bits per heavy atom. The fourth-order valence-corrected chi connectivity index (χ4v) is 3.22. The Balaban J connectivity index is 1.91. The summed E-state index contributed by atoms with van der Waals surface area (Å²) in [7, 11) is 1.66. The van der Waals surface area contributed by atoms with E-state index in [-0.39, 0.29) is 17.7 Å². The summed E-state index contributed by atoms with van der Waals surface area (Å²) in [6, 6.07) is 7.55. The van der Waals surface area contributed by atoms with E-state index in [0.29, 0.717) is 25.3 Å². The number of likely N-dealkylation sites (tertiary alicyclic amines) is 1. The van der Waals surface area contributed by atoms with Gasteiger partial charge in [-0.15, -0.1) is 0 Å². The molecule has 0 unspecified atom stereocenters. The SMILES string of the molecule is CCN(CC)C(=O)C1CCN(C(=O)c2ccc(COC)cc2)CC1. The van der Waals surface area contributed by atoms with Crippen LogP contribution in [-0.2, 0) is 16.1 Å². The molecule has 0 atom stereocenters. The van der Waals surface area contributed by atoms with E-state index in [4.69, 9.17) is 4.74 Å². The molecule has 0 radical (unpaired) electrons. The third kappa shape index (κ3) is 4.35. The minimum absolute atomic E-state index is 0.0488. The Labute approximate surface area is 144 Å². The van der Waals surface area contributed by atoms with E-state index in [1.807, 2.05) is 47.9 Å². The van der Waals surface area contributed by atoms with Crippen LogP contribution in [0.4, 0.5) is 0 Å². The third-order valence-electron chi connectivity index (χ3n) is 4.72. The summed E-state index contributed by atoms with van der Waals surface area (Å²) < 4.78 is 5.09. The number of carbonyl (C=O) groups excluding carboxylic acids is 2. The highest BCUT2D eigenvalue weighted by Gasteiger charge is 2.29. The summed E-state index contributed by atoms with van der Waals surface area (Å²) in [4.78, 5) is 28.8. The van der Waals surface area contributed by atoms with Crippen molar-refractivity contribution < 1.29 is 14.3 Å². The second kappa shape index (κ2) is 8.83. The van der Waals surface area contributed by atoms with Gasteiger partial charge in [0.2, 0.25) is 5.91 Å². The van der Waals surface area contributed by atoms with Crippen molar-refractivity contribution in [2.75, 3.05) is 33.3 Å². The first-order valence-corrected chi connectivity index (χ1v) is 8.76. The Bertz CT molecular complexity index is 544. The van der Waals surface area contributed by atoms with Gasteiger partial charge in [-0.25, -0.2) is 0 Å². The molecule has 1 saturated heterocycles. The van der Waals surface area contributed by atoms with Crippen LogP contribution in [-0.4, -0.2) is 54.9 Å². The van der Waals surface area contributed by atoms with Crippen LogP contribution in [0, 0.1) is 5.92 Å². The van der Waals surface area contributed by atoms with Gasteiger partial charge >= 0.3 is 0 Å². The van der Waals surface area contributed by atoms with Crippen molar-refractivity contribution >= 4 is 11.8 Å². The zero-order valence-electron chi connectivity index (χ0n) is 15.0. The van der Waals surface area contributed by atoms with Crippen LogP contribution >= 0.6 is 0 Å². The van der Waals surface area contributed by atoms with Crippen molar-refractivity contribution in [2.24, 2.45) is 5.92 Å². The number of nitrogens with zero attached hydrogens (tertiary/aromatic N) is 2. The zero-order chi connectivity index (χ0) is 17.5. The molecule has 5 nitrogen and oxygen atoms in total. The van der Waals surface area contributed by atoms with Crippen LogP contribution in [0.5, 0.6) is 0 Å². The predicted octanol–water partition coefficient (Wildman–Crippen LogP) is 2.55. The Morgan fingerprint density at radius 3 is 2.21 bits per heavy atom. The van der Waals surface area contributed by atoms with Crippen molar-refractivity contribution in [3.8, 4) is 0 Å².